The predicted molar refractivity (Wildman–Crippen MR) is 76.8 cm³/mol. The van der Waals surface area contributed by atoms with Crippen molar-refractivity contribution in [1.29, 1.82) is 0 Å². The highest BCUT2D eigenvalue weighted by atomic mass is 33.1. The van der Waals surface area contributed by atoms with Gasteiger partial charge in [0.25, 0.3) is 0 Å². The van der Waals surface area contributed by atoms with E-state index in [9.17, 15) is 4.79 Å². The predicted octanol–water partition coefficient (Wildman–Crippen LogP) is 4.63. The van der Waals surface area contributed by atoms with E-state index in [1.165, 1.54) is 0 Å². The van der Waals surface area contributed by atoms with Crippen molar-refractivity contribution >= 4 is 27.6 Å². The van der Waals surface area contributed by atoms with Gasteiger partial charge in [0, 0.05) is 10.00 Å². The van der Waals surface area contributed by atoms with E-state index in [0.29, 0.717) is 5.56 Å². The second-order valence-corrected chi connectivity index (χ2v) is 8.19. The standard InChI is InChI=1S/C13H18O2S2/c1-9(16-17-13(2,3)4)10-7-5-6-8-11(10)12(14)15/h5-9H,1-4H3,(H,14,15). The van der Waals surface area contributed by atoms with E-state index in [0.717, 1.165) is 5.56 Å². The number of carboxylic acids is 1. The molecular weight excluding hydrogens is 252 g/mol. The highest BCUT2D eigenvalue weighted by Gasteiger charge is 2.18. The van der Waals surface area contributed by atoms with E-state index in [1.807, 2.05) is 19.1 Å². The molecule has 2 nitrogen and oxygen atoms in total. The number of rotatable bonds is 4. The summed E-state index contributed by atoms with van der Waals surface area (Å²) < 4.78 is 0.178. The van der Waals surface area contributed by atoms with Gasteiger partial charge in [0.15, 0.2) is 0 Å². The van der Waals surface area contributed by atoms with Gasteiger partial charge >= 0.3 is 5.97 Å². The van der Waals surface area contributed by atoms with Gasteiger partial charge in [-0.05, 0) is 18.6 Å². The topological polar surface area (TPSA) is 37.3 Å². The quantitative estimate of drug-likeness (QED) is 0.810. The number of carboxylic acid groups (broad SMARTS) is 1. The lowest BCUT2D eigenvalue weighted by molar-refractivity contribution is 0.0695. The third-order valence-electron chi connectivity index (χ3n) is 2.07. The van der Waals surface area contributed by atoms with E-state index in [2.05, 4.69) is 20.8 Å². The first-order chi connectivity index (χ1) is 7.81. The Labute approximate surface area is 111 Å². The molecule has 0 heterocycles. The summed E-state index contributed by atoms with van der Waals surface area (Å²) in [5.41, 5.74) is 1.30. The van der Waals surface area contributed by atoms with Crippen LogP contribution in [0, 0.1) is 0 Å². The van der Waals surface area contributed by atoms with Crippen molar-refractivity contribution < 1.29 is 9.90 Å². The summed E-state index contributed by atoms with van der Waals surface area (Å²) >= 11 is 0. The zero-order chi connectivity index (χ0) is 13.1. The SMILES string of the molecule is CC(SSC(C)(C)C)c1ccccc1C(=O)O. The van der Waals surface area contributed by atoms with E-state index < -0.39 is 5.97 Å². The van der Waals surface area contributed by atoms with Gasteiger partial charge in [0.2, 0.25) is 0 Å². The van der Waals surface area contributed by atoms with Crippen molar-refractivity contribution in [3.8, 4) is 0 Å². The van der Waals surface area contributed by atoms with Gasteiger partial charge in [0.05, 0.1) is 5.56 Å². The minimum atomic E-state index is -0.853. The third kappa shape index (κ3) is 4.64. The van der Waals surface area contributed by atoms with E-state index in [1.54, 1.807) is 33.7 Å². The average molecular weight is 270 g/mol. The van der Waals surface area contributed by atoms with Crippen LogP contribution in [0.5, 0.6) is 0 Å². The first-order valence-corrected chi connectivity index (χ1v) is 7.69. The summed E-state index contributed by atoms with van der Waals surface area (Å²) in [6, 6.07) is 7.21. The summed E-state index contributed by atoms with van der Waals surface area (Å²) in [7, 11) is 3.50. The van der Waals surface area contributed by atoms with Gasteiger partial charge in [-0.2, -0.15) is 0 Å². The van der Waals surface area contributed by atoms with Crippen LogP contribution in [0.1, 0.15) is 48.9 Å². The van der Waals surface area contributed by atoms with E-state index in [4.69, 9.17) is 5.11 Å². The molecule has 1 rings (SSSR count). The maximum Gasteiger partial charge on any atom is 0.336 e. The second-order valence-electron chi connectivity index (χ2n) is 4.83. The molecule has 0 radical (unpaired) electrons. The molecule has 0 aliphatic carbocycles. The van der Waals surface area contributed by atoms with Crippen LogP contribution in [0.3, 0.4) is 0 Å². The molecule has 0 fully saturated rings. The first kappa shape index (κ1) is 14.5. The minimum absolute atomic E-state index is 0.173. The Bertz CT molecular complexity index is 397. The number of benzene rings is 1. The van der Waals surface area contributed by atoms with Crippen LogP contribution >= 0.6 is 21.6 Å². The van der Waals surface area contributed by atoms with Crippen LogP contribution in [0.15, 0.2) is 24.3 Å². The van der Waals surface area contributed by atoms with Crippen LogP contribution in [-0.4, -0.2) is 15.8 Å². The van der Waals surface area contributed by atoms with Gasteiger partial charge < -0.3 is 5.11 Å². The monoisotopic (exact) mass is 270 g/mol. The number of aromatic carboxylic acids is 1. The molecule has 4 heteroatoms. The molecular formula is C13H18O2S2. The third-order valence-corrected chi connectivity index (χ3v) is 5.87. The molecule has 0 aliphatic heterocycles. The molecule has 0 spiro atoms. The molecule has 0 aromatic heterocycles. The van der Waals surface area contributed by atoms with Crippen molar-refractivity contribution in [2.75, 3.05) is 0 Å². The Hall–Kier alpha value is -0.610. The van der Waals surface area contributed by atoms with Crippen LogP contribution in [0.25, 0.3) is 0 Å². The highest BCUT2D eigenvalue weighted by Crippen LogP contribution is 2.44. The number of hydrogen-bond donors (Lipinski definition) is 1. The lowest BCUT2D eigenvalue weighted by atomic mass is 10.1. The van der Waals surface area contributed by atoms with Gasteiger partial charge in [-0.25, -0.2) is 4.79 Å². The van der Waals surface area contributed by atoms with Crippen LogP contribution in [-0.2, 0) is 0 Å². The normalized spacial score (nSPS) is 13.4. The molecule has 1 unspecified atom stereocenters. The van der Waals surface area contributed by atoms with Crippen molar-refractivity contribution in [3.05, 3.63) is 35.4 Å². The van der Waals surface area contributed by atoms with Crippen LogP contribution in [0.2, 0.25) is 0 Å². The molecule has 17 heavy (non-hydrogen) atoms. The maximum absolute atomic E-state index is 11.1. The van der Waals surface area contributed by atoms with Crippen LogP contribution in [0.4, 0.5) is 0 Å². The van der Waals surface area contributed by atoms with Crippen molar-refractivity contribution in [2.45, 2.75) is 37.7 Å². The highest BCUT2D eigenvalue weighted by molar-refractivity contribution is 8.77. The van der Waals surface area contributed by atoms with Crippen molar-refractivity contribution in [1.82, 2.24) is 0 Å². The second kappa shape index (κ2) is 5.83. The summed E-state index contributed by atoms with van der Waals surface area (Å²) in [5, 5.41) is 9.30. The summed E-state index contributed by atoms with van der Waals surface area (Å²) in [5.74, 6) is -0.853. The molecule has 1 N–H and O–H groups in total. The molecule has 0 bridgehead atoms. The van der Waals surface area contributed by atoms with Crippen LogP contribution < -0.4 is 0 Å². The minimum Gasteiger partial charge on any atom is -0.478 e. The Balaban J connectivity index is 2.82. The smallest absolute Gasteiger partial charge is 0.336 e. The fourth-order valence-corrected chi connectivity index (χ4v) is 3.67. The molecule has 0 aliphatic rings. The largest absolute Gasteiger partial charge is 0.478 e. The number of carbonyl (C=O) groups is 1. The Morgan fingerprint density at radius 1 is 1.29 bits per heavy atom. The van der Waals surface area contributed by atoms with Gasteiger partial charge in [0.1, 0.15) is 0 Å². The summed E-state index contributed by atoms with van der Waals surface area (Å²) in [6.45, 7) is 8.51. The fraction of sp³-hybridized carbons (Fsp3) is 0.462. The van der Waals surface area contributed by atoms with Crippen molar-refractivity contribution in [3.63, 3.8) is 0 Å². The van der Waals surface area contributed by atoms with Crippen molar-refractivity contribution in [2.24, 2.45) is 0 Å². The van der Waals surface area contributed by atoms with E-state index >= 15 is 0 Å². The lowest BCUT2D eigenvalue weighted by Gasteiger charge is -2.20. The first-order valence-electron chi connectivity index (χ1n) is 5.48. The average Bonchev–Trinajstić information content (AvgIpc) is 2.25. The molecule has 0 amide bonds. The summed E-state index contributed by atoms with van der Waals surface area (Å²) in [4.78, 5) is 11.1. The Kier molecular flexibility index (Phi) is 4.95. The Morgan fingerprint density at radius 3 is 2.41 bits per heavy atom. The molecule has 0 saturated carbocycles. The van der Waals surface area contributed by atoms with Gasteiger partial charge in [-0.15, -0.1) is 0 Å². The molecule has 1 atom stereocenters. The molecule has 1 aromatic rings. The molecule has 94 valence electrons. The fourth-order valence-electron chi connectivity index (χ4n) is 1.31. The summed E-state index contributed by atoms with van der Waals surface area (Å²) in [6.07, 6.45) is 0. The zero-order valence-electron chi connectivity index (χ0n) is 10.6. The number of hydrogen-bond acceptors (Lipinski definition) is 3. The van der Waals surface area contributed by atoms with Gasteiger partial charge in [-0.1, -0.05) is 60.6 Å². The van der Waals surface area contributed by atoms with Gasteiger partial charge in [-0.3, -0.25) is 0 Å². The lowest BCUT2D eigenvalue weighted by Crippen LogP contribution is -2.07. The molecule has 1 aromatic carbocycles. The van der Waals surface area contributed by atoms with E-state index in [-0.39, 0.29) is 10.00 Å². The molecule has 0 saturated heterocycles. The Morgan fingerprint density at radius 2 is 1.88 bits per heavy atom. The zero-order valence-corrected chi connectivity index (χ0v) is 12.2. The maximum atomic E-state index is 11.1.